The molecule has 21 heavy (non-hydrogen) atoms. The summed E-state index contributed by atoms with van der Waals surface area (Å²) < 4.78 is 5.22. The number of amides is 1. The van der Waals surface area contributed by atoms with Gasteiger partial charge < -0.3 is 15.0 Å². The summed E-state index contributed by atoms with van der Waals surface area (Å²) in [6.45, 7) is 9.41. The van der Waals surface area contributed by atoms with Crippen molar-refractivity contribution >= 4 is 22.6 Å². The van der Waals surface area contributed by atoms with Crippen molar-refractivity contribution in [1.29, 1.82) is 0 Å². The predicted octanol–water partition coefficient (Wildman–Crippen LogP) is 3.08. The van der Waals surface area contributed by atoms with Gasteiger partial charge in [-0.2, -0.15) is 0 Å². The highest BCUT2D eigenvalue weighted by atomic mass is 32.1. The van der Waals surface area contributed by atoms with Crippen molar-refractivity contribution in [2.75, 3.05) is 18.4 Å². The Labute approximate surface area is 129 Å². The van der Waals surface area contributed by atoms with Gasteiger partial charge in [-0.05, 0) is 26.7 Å². The van der Waals surface area contributed by atoms with Crippen molar-refractivity contribution in [3.63, 3.8) is 0 Å². The number of rotatable bonds is 4. The number of aromatic nitrogens is 2. The molecular formula is C14H24N4O2S. The van der Waals surface area contributed by atoms with E-state index < -0.39 is 0 Å². The van der Waals surface area contributed by atoms with E-state index in [1.54, 1.807) is 16.2 Å². The molecule has 0 aromatic carbocycles. The molecule has 0 unspecified atom stereocenters. The highest BCUT2D eigenvalue weighted by Gasteiger charge is 2.24. The minimum absolute atomic E-state index is 0.0656. The number of carbonyl (C=O) groups excluding carboxylic acids is 1. The summed E-state index contributed by atoms with van der Waals surface area (Å²) in [4.78, 5) is 13.6. The number of hydrogen-bond acceptors (Lipinski definition) is 6. The molecule has 0 bridgehead atoms. The Kier molecular flexibility index (Phi) is 5.39. The summed E-state index contributed by atoms with van der Waals surface area (Å²) in [7, 11) is 0. The van der Waals surface area contributed by atoms with E-state index in [1.807, 2.05) is 13.8 Å². The fraction of sp³-hybridized carbons (Fsp3) is 0.786. The zero-order chi connectivity index (χ0) is 15.4. The quantitative estimate of drug-likeness (QED) is 0.925. The molecule has 1 N–H and O–H groups in total. The molecule has 2 heterocycles. The van der Waals surface area contributed by atoms with Crippen LogP contribution in [0.5, 0.6) is 0 Å². The van der Waals surface area contributed by atoms with Crippen LogP contribution in [0.25, 0.3) is 0 Å². The van der Waals surface area contributed by atoms with Crippen molar-refractivity contribution in [2.45, 2.75) is 58.6 Å². The van der Waals surface area contributed by atoms with E-state index in [0.29, 0.717) is 12.0 Å². The molecule has 0 aliphatic carbocycles. The Bertz CT molecular complexity index is 467. The minimum Gasteiger partial charge on any atom is -0.447 e. The number of piperidine rings is 1. The normalized spacial score (nSPS) is 16.6. The van der Waals surface area contributed by atoms with Crippen LogP contribution in [0.4, 0.5) is 9.93 Å². The van der Waals surface area contributed by atoms with E-state index in [4.69, 9.17) is 4.74 Å². The van der Waals surface area contributed by atoms with Crippen molar-refractivity contribution in [3.05, 3.63) is 5.01 Å². The van der Waals surface area contributed by atoms with Gasteiger partial charge in [-0.3, -0.25) is 0 Å². The van der Waals surface area contributed by atoms with Crippen LogP contribution in [0.3, 0.4) is 0 Å². The Morgan fingerprint density at radius 2 is 1.95 bits per heavy atom. The third-order valence-electron chi connectivity index (χ3n) is 3.35. The predicted molar refractivity (Wildman–Crippen MR) is 83.8 cm³/mol. The van der Waals surface area contributed by atoms with E-state index in [1.165, 1.54) is 0 Å². The lowest BCUT2D eigenvalue weighted by Gasteiger charge is -2.32. The molecule has 118 valence electrons. The molecule has 1 aliphatic heterocycles. The van der Waals surface area contributed by atoms with Gasteiger partial charge in [0.2, 0.25) is 5.13 Å². The van der Waals surface area contributed by atoms with E-state index in [0.717, 1.165) is 36.1 Å². The Balaban J connectivity index is 1.79. The Hall–Kier alpha value is -1.37. The molecule has 0 atom stereocenters. The average Bonchev–Trinajstić information content (AvgIpc) is 2.87. The van der Waals surface area contributed by atoms with Crippen molar-refractivity contribution in [2.24, 2.45) is 0 Å². The zero-order valence-electron chi connectivity index (χ0n) is 13.1. The van der Waals surface area contributed by atoms with E-state index >= 15 is 0 Å². The van der Waals surface area contributed by atoms with Crippen LogP contribution in [0.2, 0.25) is 0 Å². The lowest BCUT2D eigenvalue weighted by atomic mass is 10.1. The van der Waals surface area contributed by atoms with Crippen LogP contribution in [-0.2, 0) is 4.74 Å². The fourth-order valence-electron chi connectivity index (χ4n) is 2.18. The molecule has 0 radical (unpaired) electrons. The fourth-order valence-corrected chi connectivity index (χ4v) is 3.01. The van der Waals surface area contributed by atoms with Gasteiger partial charge in [0.1, 0.15) is 5.01 Å². The van der Waals surface area contributed by atoms with Crippen LogP contribution in [0.15, 0.2) is 0 Å². The molecule has 1 saturated heterocycles. The number of hydrogen-bond donors (Lipinski definition) is 1. The molecule has 1 aromatic heterocycles. The van der Waals surface area contributed by atoms with Gasteiger partial charge in [-0.25, -0.2) is 4.79 Å². The molecule has 2 rings (SSSR count). The van der Waals surface area contributed by atoms with Gasteiger partial charge >= 0.3 is 6.09 Å². The van der Waals surface area contributed by atoms with Crippen LogP contribution >= 0.6 is 11.3 Å². The largest absolute Gasteiger partial charge is 0.447 e. The summed E-state index contributed by atoms with van der Waals surface area (Å²) in [5, 5.41) is 13.7. The minimum atomic E-state index is -0.207. The molecule has 1 aliphatic rings. The lowest BCUT2D eigenvalue weighted by molar-refractivity contribution is 0.0701. The number of anilines is 1. The second-order valence-corrected chi connectivity index (χ2v) is 6.95. The number of carbonyl (C=O) groups is 1. The number of nitrogens with one attached hydrogen (secondary N) is 1. The molecule has 0 saturated carbocycles. The summed E-state index contributed by atoms with van der Waals surface area (Å²) in [5.41, 5.74) is 0. The highest BCUT2D eigenvalue weighted by Crippen LogP contribution is 2.24. The summed E-state index contributed by atoms with van der Waals surface area (Å²) >= 11 is 1.61. The molecule has 1 amide bonds. The second-order valence-electron chi connectivity index (χ2n) is 5.94. The average molecular weight is 312 g/mol. The molecule has 1 fully saturated rings. The van der Waals surface area contributed by atoms with Gasteiger partial charge in [0, 0.05) is 25.0 Å². The van der Waals surface area contributed by atoms with Gasteiger partial charge in [0.25, 0.3) is 0 Å². The second kappa shape index (κ2) is 7.06. The van der Waals surface area contributed by atoms with E-state index in [-0.39, 0.29) is 12.2 Å². The van der Waals surface area contributed by atoms with Gasteiger partial charge in [0.15, 0.2) is 0 Å². The molecule has 1 aromatic rings. The molecule has 6 nitrogen and oxygen atoms in total. The topological polar surface area (TPSA) is 67.3 Å². The number of ether oxygens (including phenoxy) is 1. The van der Waals surface area contributed by atoms with E-state index in [9.17, 15) is 4.79 Å². The van der Waals surface area contributed by atoms with Crippen LogP contribution in [-0.4, -0.2) is 46.4 Å². The smallest absolute Gasteiger partial charge is 0.410 e. The van der Waals surface area contributed by atoms with Crippen molar-refractivity contribution in [3.8, 4) is 0 Å². The summed E-state index contributed by atoms with van der Waals surface area (Å²) in [6.07, 6.45) is 1.54. The molecule has 0 spiro atoms. The van der Waals surface area contributed by atoms with Gasteiger partial charge in [-0.1, -0.05) is 25.2 Å². The maximum Gasteiger partial charge on any atom is 0.410 e. The van der Waals surface area contributed by atoms with Crippen molar-refractivity contribution < 1.29 is 9.53 Å². The SMILES string of the molecule is CC(C)OC(=O)N1CCC(Nc2nnc(C(C)C)s2)CC1. The zero-order valence-corrected chi connectivity index (χ0v) is 13.9. The first-order valence-electron chi connectivity index (χ1n) is 7.51. The molecular weight excluding hydrogens is 288 g/mol. The highest BCUT2D eigenvalue weighted by molar-refractivity contribution is 7.15. The summed E-state index contributed by atoms with van der Waals surface area (Å²) in [5.74, 6) is 0.408. The van der Waals surface area contributed by atoms with Crippen molar-refractivity contribution in [1.82, 2.24) is 15.1 Å². The van der Waals surface area contributed by atoms with Crippen LogP contribution in [0.1, 0.15) is 51.5 Å². The van der Waals surface area contributed by atoms with E-state index in [2.05, 4.69) is 29.4 Å². The standard InChI is InChI=1S/C14H24N4O2S/c1-9(2)12-16-17-13(21-12)15-11-5-7-18(8-6-11)14(19)20-10(3)4/h9-11H,5-8H2,1-4H3,(H,15,17). The summed E-state index contributed by atoms with van der Waals surface area (Å²) in [6, 6.07) is 0.348. The third-order valence-corrected chi connectivity index (χ3v) is 4.51. The number of nitrogens with zero attached hydrogens (tertiary/aromatic N) is 3. The maximum atomic E-state index is 11.8. The Morgan fingerprint density at radius 1 is 1.29 bits per heavy atom. The first-order chi connectivity index (χ1) is 9.95. The van der Waals surface area contributed by atoms with Gasteiger partial charge in [0.05, 0.1) is 6.10 Å². The lowest BCUT2D eigenvalue weighted by Crippen LogP contribution is -2.43. The maximum absolute atomic E-state index is 11.8. The molecule has 7 heteroatoms. The number of likely N-dealkylation sites (tertiary alicyclic amines) is 1. The third kappa shape index (κ3) is 4.56. The van der Waals surface area contributed by atoms with Crippen LogP contribution < -0.4 is 5.32 Å². The van der Waals surface area contributed by atoms with Gasteiger partial charge in [-0.15, -0.1) is 10.2 Å². The Morgan fingerprint density at radius 3 is 2.48 bits per heavy atom. The first kappa shape index (κ1) is 16.0. The first-order valence-corrected chi connectivity index (χ1v) is 8.33. The monoisotopic (exact) mass is 312 g/mol. The van der Waals surface area contributed by atoms with Crippen LogP contribution in [0, 0.1) is 0 Å².